The first-order valence-corrected chi connectivity index (χ1v) is 5.68. The molecule has 1 unspecified atom stereocenters. The first-order chi connectivity index (χ1) is 6.60. The third-order valence-corrected chi connectivity index (χ3v) is 2.58. The molecule has 0 aromatic heterocycles. The SMILES string of the molecule is C/C=C\ON(C(C)C(C)(C)C)C(C)(C)C. The van der Waals surface area contributed by atoms with Crippen LogP contribution in [0, 0.1) is 5.41 Å². The molecule has 0 radical (unpaired) electrons. The molecule has 0 aromatic rings. The van der Waals surface area contributed by atoms with Gasteiger partial charge in [-0.25, -0.2) is 0 Å². The third kappa shape index (κ3) is 4.70. The van der Waals surface area contributed by atoms with E-state index in [1.165, 1.54) is 0 Å². The summed E-state index contributed by atoms with van der Waals surface area (Å²) in [6, 6.07) is 0.355. The van der Waals surface area contributed by atoms with E-state index in [1.54, 1.807) is 6.26 Å². The molecule has 0 N–H and O–H groups in total. The highest BCUT2D eigenvalue weighted by Gasteiger charge is 2.34. The summed E-state index contributed by atoms with van der Waals surface area (Å²) in [5.74, 6) is 0. The second kappa shape index (κ2) is 5.02. The molecule has 0 bridgehead atoms. The fourth-order valence-electron chi connectivity index (χ4n) is 1.31. The fraction of sp³-hybridized carbons (Fsp3) is 0.846. The van der Waals surface area contributed by atoms with Gasteiger partial charge in [0.05, 0.1) is 0 Å². The molecule has 0 rings (SSSR count). The second-order valence-corrected chi connectivity index (χ2v) is 6.11. The smallest absolute Gasteiger partial charge is 0.107 e. The van der Waals surface area contributed by atoms with Crippen molar-refractivity contribution in [2.75, 3.05) is 0 Å². The molecule has 0 heterocycles. The van der Waals surface area contributed by atoms with Crippen LogP contribution in [-0.4, -0.2) is 16.6 Å². The molecular formula is C13H27NO. The Hall–Kier alpha value is -0.500. The van der Waals surface area contributed by atoms with Crippen LogP contribution in [-0.2, 0) is 4.84 Å². The maximum Gasteiger partial charge on any atom is 0.107 e. The van der Waals surface area contributed by atoms with Crippen molar-refractivity contribution < 1.29 is 4.84 Å². The number of hydroxylamine groups is 2. The minimum absolute atomic E-state index is 0.00616. The number of hydrogen-bond donors (Lipinski definition) is 0. The van der Waals surface area contributed by atoms with Gasteiger partial charge in [-0.15, -0.1) is 5.06 Å². The highest BCUT2D eigenvalue weighted by molar-refractivity contribution is 4.83. The van der Waals surface area contributed by atoms with E-state index in [1.807, 2.05) is 13.0 Å². The predicted octanol–water partition coefficient (Wildman–Crippen LogP) is 3.99. The summed E-state index contributed by atoms with van der Waals surface area (Å²) in [4.78, 5) is 5.70. The van der Waals surface area contributed by atoms with Crippen molar-refractivity contribution in [3.05, 3.63) is 12.3 Å². The van der Waals surface area contributed by atoms with Crippen LogP contribution in [0.5, 0.6) is 0 Å². The van der Waals surface area contributed by atoms with Gasteiger partial charge in [0, 0.05) is 11.6 Å². The molecule has 0 aliphatic rings. The molecule has 0 aliphatic carbocycles. The zero-order valence-corrected chi connectivity index (χ0v) is 11.6. The van der Waals surface area contributed by atoms with Crippen molar-refractivity contribution in [2.45, 2.75) is 67.0 Å². The largest absolute Gasteiger partial charge is 0.413 e. The predicted molar refractivity (Wildman–Crippen MR) is 66.4 cm³/mol. The zero-order chi connectivity index (χ0) is 12.3. The summed E-state index contributed by atoms with van der Waals surface area (Å²) in [5.41, 5.74) is 0.209. The van der Waals surface area contributed by atoms with Gasteiger partial charge in [0.2, 0.25) is 0 Å². The highest BCUT2D eigenvalue weighted by Crippen LogP contribution is 2.29. The summed E-state index contributed by atoms with van der Waals surface area (Å²) in [6.07, 6.45) is 3.65. The lowest BCUT2D eigenvalue weighted by atomic mass is 9.86. The van der Waals surface area contributed by atoms with Gasteiger partial charge >= 0.3 is 0 Å². The van der Waals surface area contributed by atoms with E-state index < -0.39 is 0 Å². The van der Waals surface area contributed by atoms with Crippen molar-refractivity contribution in [1.29, 1.82) is 0 Å². The lowest BCUT2D eigenvalue weighted by Gasteiger charge is -2.43. The van der Waals surface area contributed by atoms with Crippen LogP contribution in [0.15, 0.2) is 12.3 Å². The van der Waals surface area contributed by atoms with E-state index >= 15 is 0 Å². The second-order valence-electron chi connectivity index (χ2n) is 6.11. The lowest BCUT2D eigenvalue weighted by Crippen LogP contribution is -2.50. The van der Waals surface area contributed by atoms with E-state index in [0.717, 1.165) is 0 Å². The molecule has 0 amide bonds. The van der Waals surface area contributed by atoms with Gasteiger partial charge in [-0.2, -0.15) is 0 Å². The Morgan fingerprint density at radius 3 is 1.80 bits per heavy atom. The monoisotopic (exact) mass is 213 g/mol. The molecule has 0 fully saturated rings. The summed E-state index contributed by atoms with van der Waals surface area (Å²) < 4.78 is 0. The van der Waals surface area contributed by atoms with Gasteiger partial charge in [0.25, 0.3) is 0 Å². The van der Waals surface area contributed by atoms with Crippen LogP contribution in [0.25, 0.3) is 0 Å². The van der Waals surface area contributed by atoms with Crippen LogP contribution >= 0.6 is 0 Å². The summed E-state index contributed by atoms with van der Waals surface area (Å²) in [6.45, 7) is 17.4. The van der Waals surface area contributed by atoms with E-state index in [0.29, 0.717) is 6.04 Å². The molecular weight excluding hydrogens is 186 g/mol. The Bertz CT molecular complexity index is 208. The van der Waals surface area contributed by atoms with E-state index in [2.05, 4.69) is 53.5 Å². The van der Waals surface area contributed by atoms with E-state index in [9.17, 15) is 0 Å². The number of nitrogens with zero attached hydrogens (tertiary/aromatic N) is 1. The van der Waals surface area contributed by atoms with Crippen molar-refractivity contribution in [3.63, 3.8) is 0 Å². The maximum atomic E-state index is 5.70. The standard InChI is InChI=1S/C13H27NO/c1-9-10-15-14(13(6,7)8)11(2)12(3,4)5/h9-11H,1-8H3/b10-9-. The topological polar surface area (TPSA) is 12.5 Å². The molecule has 0 saturated heterocycles. The van der Waals surface area contributed by atoms with Crippen molar-refractivity contribution in [3.8, 4) is 0 Å². The number of allylic oxidation sites excluding steroid dienone is 1. The molecule has 2 nitrogen and oxygen atoms in total. The average molecular weight is 213 g/mol. The Morgan fingerprint density at radius 2 is 1.53 bits per heavy atom. The minimum Gasteiger partial charge on any atom is -0.413 e. The first kappa shape index (κ1) is 14.5. The van der Waals surface area contributed by atoms with Gasteiger partial charge in [-0.05, 0) is 40.0 Å². The molecule has 15 heavy (non-hydrogen) atoms. The molecule has 1 atom stereocenters. The van der Waals surface area contributed by atoms with Crippen LogP contribution in [0.1, 0.15) is 55.4 Å². The van der Waals surface area contributed by atoms with Gasteiger partial charge in [-0.3, -0.25) is 0 Å². The van der Waals surface area contributed by atoms with Gasteiger partial charge in [0.15, 0.2) is 0 Å². The normalized spacial score (nSPS) is 16.1. The fourth-order valence-corrected chi connectivity index (χ4v) is 1.31. The van der Waals surface area contributed by atoms with Gasteiger partial charge in [0.1, 0.15) is 6.26 Å². The maximum absolute atomic E-state index is 5.70. The number of hydrogen-bond acceptors (Lipinski definition) is 2. The average Bonchev–Trinajstić information content (AvgIpc) is 2.00. The quantitative estimate of drug-likeness (QED) is 0.519. The molecule has 0 aliphatic heterocycles. The van der Waals surface area contributed by atoms with Crippen LogP contribution < -0.4 is 0 Å². The van der Waals surface area contributed by atoms with Crippen molar-refractivity contribution in [2.24, 2.45) is 5.41 Å². The minimum atomic E-state index is 0.00616. The van der Waals surface area contributed by atoms with E-state index in [-0.39, 0.29) is 11.0 Å². The molecule has 0 aromatic carbocycles. The molecule has 2 heteroatoms. The molecule has 0 saturated carbocycles. The molecule has 0 spiro atoms. The highest BCUT2D eigenvalue weighted by atomic mass is 16.7. The van der Waals surface area contributed by atoms with Crippen LogP contribution in [0.4, 0.5) is 0 Å². The van der Waals surface area contributed by atoms with Crippen LogP contribution in [0.3, 0.4) is 0 Å². The Labute approximate surface area is 95.3 Å². The zero-order valence-electron chi connectivity index (χ0n) is 11.6. The van der Waals surface area contributed by atoms with Crippen molar-refractivity contribution >= 4 is 0 Å². The number of rotatable bonds is 3. The Kier molecular flexibility index (Phi) is 4.85. The van der Waals surface area contributed by atoms with Crippen molar-refractivity contribution in [1.82, 2.24) is 5.06 Å². The Balaban J connectivity index is 4.79. The summed E-state index contributed by atoms with van der Waals surface area (Å²) in [5, 5.41) is 2.06. The summed E-state index contributed by atoms with van der Waals surface area (Å²) in [7, 11) is 0. The lowest BCUT2D eigenvalue weighted by molar-refractivity contribution is -0.209. The Morgan fingerprint density at radius 1 is 1.07 bits per heavy atom. The van der Waals surface area contributed by atoms with Gasteiger partial charge in [-0.1, -0.05) is 26.8 Å². The van der Waals surface area contributed by atoms with Gasteiger partial charge < -0.3 is 4.84 Å². The van der Waals surface area contributed by atoms with Crippen LogP contribution in [0.2, 0.25) is 0 Å². The first-order valence-electron chi connectivity index (χ1n) is 5.68. The van der Waals surface area contributed by atoms with E-state index in [4.69, 9.17) is 4.84 Å². The molecule has 90 valence electrons. The summed E-state index contributed by atoms with van der Waals surface area (Å²) >= 11 is 0. The third-order valence-electron chi connectivity index (χ3n) is 2.58.